The van der Waals surface area contributed by atoms with Crippen molar-refractivity contribution in [3.8, 4) is 5.88 Å². The normalized spacial score (nSPS) is 11.0. The van der Waals surface area contributed by atoms with Crippen molar-refractivity contribution in [3.05, 3.63) is 60.1 Å². The number of methoxy groups -OCH3 is 1. The SMILES string of the molecule is C=C(F)CCc1cn2cc(NC(=O)c3cccc(C(F)F)n3)c(OC)nc2n1. The Balaban J connectivity index is 1.88. The minimum absolute atomic E-state index is 0.0814. The fraction of sp³-hybridized carbons (Fsp3) is 0.222. The number of ether oxygens (including phenoxy) is 1. The van der Waals surface area contributed by atoms with Gasteiger partial charge in [0, 0.05) is 18.8 Å². The number of halogens is 3. The van der Waals surface area contributed by atoms with Crippen LogP contribution in [-0.2, 0) is 6.42 Å². The first-order valence-corrected chi connectivity index (χ1v) is 8.19. The molecule has 3 aromatic heterocycles. The molecule has 0 saturated carbocycles. The Kier molecular flexibility index (Phi) is 5.57. The topological polar surface area (TPSA) is 81.4 Å². The fourth-order valence-corrected chi connectivity index (χ4v) is 2.47. The zero-order chi connectivity index (χ0) is 20.3. The quantitative estimate of drug-likeness (QED) is 0.664. The first kappa shape index (κ1) is 19.3. The lowest BCUT2D eigenvalue weighted by Crippen LogP contribution is -2.16. The second-order valence-electron chi connectivity index (χ2n) is 5.82. The Morgan fingerprint density at radius 1 is 1.29 bits per heavy atom. The number of nitrogens with one attached hydrogen (secondary N) is 1. The molecule has 3 heterocycles. The highest BCUT2D eigenvalue weighted by atomic mass is 19.3. The van der Waals surface area contributed by atoms with Gasteiger partial charge in [-0.1, -0.05) is 12.6 Å². The van der Waals surface area contributed by atoms with Crippen LogP contribution in [0, 0.1) is 0 Å². The van der Waals surface area contributed by atoms with E-state index in [-0.39, 0.29) is 23.7 Å². The third-order valence-electron chi connectivity index (χ3n) is 3.78. The maximum Gasteiger partial charge on any atom is 0.280 e. The lowest BCUT2D eigenvalue weighted by molar-refractivity contribution is 0.101. The number of imidazole rings is 1. The summed E-state index contributed by atoms with van der Waals surface area (Å²) in [7, 11) is 1.36. The first-order valence-electron chi connectivity index (χ1n) is 8.19. The smallest absolute Gasteiger partial charge is 0.280 e. The van der Waals surface area contributed by atoms with E-state index in [1.165, 1.54) is 29.8 Å². The number of amides is 1. The van der Waals surface area contributed by atoms with Gasteiger partial charge in [0.25, 0.3) is 12.3 Å². The molecule has 1 amide bonds. The number of pyridine rings is 1. The summed E-state index contributed by atoms with van der Waals surface area (Å²) in [5.41, 5.74) is 0.112. The number of aromatic nitrogens is 4. The molecule has 0 aromatic carbocycles. The Labute approximate surface area is 157 Å². The summed E-state index contributed by atoms with van der Waals surface area (Å²) >= 11 is 0. The number of hydrogen-bond acceptors (Lipinski definition) is 5. The molecule has 146 valence electrons. The van der Waals surface area contributed by atoms with Crippen LogP contribution >= 0.6 is 0 Å². The van der Waals surface area contributed by atoms with Crippen molar-refractivity contribution < 1.29 is 22.7 Å². The van der Waals surface area contributed by atoms with Crippen LogP contribution in [0.1, 0.15) is 34.7 Å². The molecule has 0 atom stereocenters. The van der Waals surface area contributed by atoms with Gasteiger partial charge in [0.2, 0.25) is 11.7 Å². The van der Waals surface area contributed by atoms with Gasteiger partial charge in [0.05, 0.1) is 18.6 Å². The van der Waals surface area contributed by atoms with Crippen molar-refractivity contribution in [2.45, 2.75) is 19.3 Å². The summed E-state index contributed by atoms with van der Waals surface area (Å²) in [5, 5.41) is 2.54. The Bertz CT molecular complexity index is 1040. The number of carbonyl (C=O) groups is 1. The molecule has 0 fully saturated rings. The van der Waals surface area contributed by atoms with Gasteiger partial charge in [-0.05, 0) is 18.6 Å². The van der Waals surface area contributed by atoms with Crippen LogP contribution in [0.25, 0.3) is 5.78 Å². The minimum atomic E-state index is -2.79. The predicted octanol–water partition coefficient (Wildman–Crippen LogP) is 3.74. The first-order chi connectivity index (χ1) is 13.4. The Hall–Kier alpha value is -3.43. The summed E-state index contributed by atoms with van der Waals surface area (Å²) in [6.07, 6.45) is 0.835. The van der Waals surface area contributed by atoms with Crippen LogP contribution in [0.3, 0.4) is 0 Å². The number of allylic oxidation sites excluding steroid dienone is 1. The molecule has 0 aliphatic carbocycles. The maximum absolute atomic E-state index is 12.8. The summed E-state index contributed by atoms with van der Waals surface area (Å²) in [5.74, 6) is -0.768. The monoisotopic (exact) mass is 391 g/mol. The number of aryl methyl sites for hydroxylation is 1. The number of alkyl halides is 2. The molecular weight excluding hydrogens is 375 g/mol. The number of nitrogens with zero attached hydrogens (tertiary/aromatic N) is 4. The van der Waals surface area contributed by atoms with Crippen LogP contribution < -0.4 is 10.1 Å². The predicted molar refractivity (Wildman–Crippen MR) is 95.3 cm³/mol. The van der Waals surface area contributed by atoms with E-state index in [9.17, 15) is 18.0 Å². The highest BCUT2D eigenvalue weighted by Crippen LogP contribution is 2.24. The average molecular weight is 391 g/mol. The molecule has 1 N–H and O–H groups in total. The van der Waals surface area contributed by atoms with Crippen LogP contribution in [0.4, 0.5) is 18.9 Å². The van der Waals surface area contributed by atoms with E-state index in [0.717, 1.165) is 6.07 Å². The summed E-state index contributed by atoms with van der Waals surface area (Å²) in [6.45, 7) is 3.21. The van der Waals surface area contributed by atoms with Gasteiger partial charge in [0.15, 0.2) is 0 Å². The Morgan fingerprint density at radius 3 is 2.75 bits per heavy atom. The summed E-state index contributed by atoms with van der Waals surface area (Å²) in [4.78, 5) is 24.5. The molecule has 0 radical (unpaired) electrons. The van der Waals surface area contributed by atoms with Crippen LogP contribution in [0.2, 0.25) is 0 Å². The van der Waals surface area contributed by atoms with E-state index < -0.39 is 23.9 Å². The van der Waals surface area contributed by atoms with Crippen LogP contribution in [0.5, 0.6) is 5.88 Å². The second-order valence-corrected chi connectivity index (χ2v) is 5.82. The van der Waals surface area contributed by atoms with E-state index in [1.807, 2.05) is 0 Å². The summed E-state index contributed by atoms with van der Waals surface area (Å²) in [6, 6.07) is 3.77. The van der Waals surface area contributed by atoms with Gasteiger partial charge < -0.3 is 10.1 Å². The number of fused-ring (bicyclic) bond motifs is 1. The van der Waals surface area contributed by atoms with Gasteiger partial charge in [-0.25, -0.2) is 23.1 Å². The van der Waals surface area contributed by atoms with E-state index in [1.54, 1.807) is 6.20 Å². The molecule has 0 spiro atoms. The second kappa shape index (κ2) is 8.07. The number of rotatable bonds is 7. The zero-order valence-corrected chi connectivity index (χ0v) is 14.8. The zero-order valence-electron chi connectivity index (χ0n) is 14.8. The van der Waals surface area contributed by atoms with E-state index in [4.69, 9.17) is 4.74 Å². The van der Waals surface area contributed by atoms with Crippen LogP contribution in [-0.4, -0.2) is 32.4 Å². The standard InChI is InChI=1S/C18H16F3N5O2/c1-10(19)6-7-11-8-26-9-14(17(28-2)25-18(26)22-11)24-16(27)13-5-3-4-12(23-13)15(20)21/h3-5,8-9,15H,1,6-7H2,2H3,(H,24,27). The van der Waals surface area contributed by atoms with Gasteiger partial charge in [-0.2, -0.15) is 4.98 Å². The molecule has 7 nitrogen and oxygen atoms in total. The lowest BCUT2D eigenvalue weighted by Gasteiger charge is -2.10. The molecule has 3 aromatic rings. The van der Waals surface area contributed by atoms with Gasteiger partial charge in [-0.15, -0.1) is 0 Å². The highest BCUT2D eigenvalue weighted by Gasteiger charge is 2.17. The average Bonchev–Trinajstić information content (AvgIpc) is 3.07. The molecule has 28 heavy (non-hydrogen) atoms. The maximum atomic E-state index is 12.8. The molecule has 3 rings (SSSR count). The largest absolute Gasteiger partial charge is 0.479 e. The highest BCUT2D eigenvalue weighted by molar-refractivity contribution is 6.03. The molecule has 0 aliphatic rings. The van der Waals surface area contributed by atoms with Crippen molar-refractivity contribution >= 4 is 17.4 Å². The van der Waals surface area contributed by atoms with Gasteiger partial charge in [-0.3, -0.25) is 9.20 Å². The van der Waals surface area contributed by atoms with Gasteiger partial charge >= 0.3 is 0 Å². The van der Waals surface area contributed by atoms with Crippen molar-refractivity contribution in [2.24, 2.45) is 0 Å². The number of carbonyl (C=O) groups excluding carboxylic acids is 1. The van der Waals surface area contributed by atoms with Gasteiger partial charge in [0.1, 0.15) is 17.1 Å². The Morgan fingerprint density at radius 2 is 2.07 bits per heavy atom. The van der Waals surface area contributed by atoms with Crippen molar-refractivity contribution in [3.63, 3.8) is 0 Å². The fourth-order valence-electron chi connectivity index (χ4n) is 2.47. The molecule has 0 aliphatic heterocycles. The molecule has 10 heteroatoms. The molecule has 0 saturated heterocycles. The van der Waals surface area contributed by atoms with E-state index in [0.29, 0.717) is 17.9 Å². The van der Waals surface area contributed by atoms with E-state index >= 15 is 0 Å². The lowest BCUT2D eigenvalue weighted by atomic mass is 10.2. The van der Waals surface area contributed by atoms with Crippen LogP contribution in [0.15, 0.2) is 43.0 Å². The molecular formula is C18H16F3N5O2. The van der Waals surface area contributed by atoms with Crippen molar-refractivity contribution in [1.82, 2.24) is 19.4 Å². The minimum Gasteiger partial charge on any atom is -0.479 e. The molecule has 0 bridgehead atoms. The third kappa shape index (κ3) is 4.27. The number of anilines is 1. The number of hydrogen-bond donors (Lipinski definition) is 1. The van der Waals surface area contributed by atoms with E-state index in [2.05, 4.69) is 26.8 Å². The summed E-state index contributed by atoms with van der Waals surface area (Å²) < 4.78 is 45.1. The van der Waals surface area contributed by atoms with Crippen molar-refractivity contribution in [2.75, 3.05) is 12.4 Å². The third-order valence-corrected chi connectivity index (χ3v) is 3.78. The van der Waals surface area contributed by atoms with Crippen molar-refractivity contribution in [1.29, 1.82) is 0 Å². The molecule has 0 unspecified atom stereocenters.